The number of carbonyl (C=O) groups excluding carboxylic acids is 1. The lowest BCUT2D eigenvalue weighted by Gasteiger charge is -2.07. The van der Waals surface area contributed by atoms with E-state index in [1.54, 1.807) is 12.1 Å². The lowest BCUT2D eigenvalue weighted by Crippen LogP contribution is -2.09. The first kappa shape index (κ1) is 18.9. The highest BCUT2D eigenvalue weighted by Gasteiger charge is 2.10. The Morgan fingerprint density at radius 2 is 1.56 bits per heavy atom. The molecule has 0 saturated carbocycles. The average Bonchev–Trinajstić information content (AvgIpc) is 2.60. The van der Waals surface area contributed by atoms with Gasteiger partial charge in [-0.05, 0) is 54.8 Å². The Labute approximate surface area is 146 Å². The lowest BCUT2D eigenvalue weighted by atomic mass is 10.1. The largest absolute Gasteiger partial charge is 0.435 e. The molecule has 2 rings (SSSR count). The third kappa shape index (κ3) is 6.53. The van der Waals surface area contributed by atoms with Crippen molar-refractivity contribution in [2.45, 2.75) is 45.6 Å². The molecule has 2 aromatic rings. The molecule has 0 unspecified atom stereocenters. The van der Waals surface area contributed by atoms with E-state index in [9.17, 15) is 13.6 Å². The summed E-state index contributed by atoms with van der Waals surface area (Å²) >= 11 is 0. The molecule has 5 heteroatoms. The number of alkyl halides is 2. The average molecular weight is 348 g/mol. The first-order chi connectivity index (χ1) is 12.1. The molecule has 0 heterocycles. The molecule has 0 saturated heterocycles. The number of benzene rings is 2. The van der Waals surface area contributed by atoms with E-state index in [1.807, 2.05) is 12.1 Å². The second-order valence-corrected chi connectivity index (χ2v) is 5.75. The van der Waals surface area contributed by atoms with Gasteiger partial charge in [-0.3, -0.25) is 0 Å². The Balaban J connectivity index is 1.87. The summed E-state index contributed by atoms with van der Waals surface area (Å²) in [5.41, 5.74) is 1.48. The summed E-state index contributed by atoms with van der Waals surface area (Å²) in [5, 5.41) is 0. The van der Waals surface area contributed by atoms with E-state index in [0.29, 0.717) is 5.75 Å². The van der Waals surface area contributed by atoms with E-state index in [2.05, 4.69) is 11.7 Å². The van der Waals surface area contributed by atoms with Crippen molar-refractivity contribution in [3.63, 3.8) is 0 Å². The molecule has 0 aliphatic carbocycles. The molecule has 2 aromatic carbocycles. The van der Waals surface area contributed by atoms with E-state index < -0.39 is 12.6 Å². The fourth-order valence-corrected chi connectivity index (χ4v) is 2.42. The van der Waals surface area contributed by atoms with Gasteiger partial charge in [-0.1, -0.05) is 38.3 Å². The van der Waals surface area contributed by atoms with Crippen LogP contribution in [0.4, 0.5) is 8.78 Å². The van der Waals surface area contributed by atoms with Crippen molar-refractivity contribution in [3.05, 3.63) is 59.7 Å². The van der Waals surface area contributed by atoms with Gasteiger partial charge in [0.25, 0.3) is 0 Å². The van der Waals surface area contributed by atoms with Gasteiger partial charge in [0, 0.05) is 0 Å². The van der Waals surface area contributed by atoms with Crippen molar-refractivity contribution in [1.82, 2.24) is 0 Å². The van der Waals surface area contributed by atoms with Gasteiger partial charge < -0.3 is 9.47 Å². The van der Waals surface area contributed by atoms with Gasteiger partial charge in [0.2, 0.25) is 0 Å². The van der Waals surface area contributed by atoms with Crippen LogP contribution < -0.4 is 9.47 Å². The van der Waals surface area contributed by atoms with E-state index in [0.717, 1.165) is 12.8 Å². The summed E-state index contributed by atoms with van der Waals surface area (Å²) in [6.45, 7) is -0.707. The van der Waals surface area contributed by atoms with Crippen LogP contribution in [0.1, 0.15) is 48.5 Å². The number of hydrogen-bond acceptors (Lipinski definition) is 3. The molecule has 0 amide bonds. The van der Waals surface area contributed by atoms with Crippen molar-refractivity contribution < 1.29 is 23.0 Å². The number of rotatable bonds is 9. The van der Waals surface area contributed by atoms with Crippen LogP contribution >= 0.6 is 0 Å². The zero-order valence-electron chi connectivity index (χ0n) is 14.2. The highest BCUT2D eigenvalue weighted by molar-refractivity contribution is 5.91. The molecule has 0 N–H and O–H groups in total. The Morgan fingerprint density at radius 1 is 0.920 bits per heavy atom. The third-order valence-corrected chi connectivity index (χ3v) is 3.77. The maximum Gasteiger partial charge on any atom is 0.387 e. The molecule has 0 atom stereocenters. The normalized spacial score (nSPS) is 10.7. The maximum absolute atomic E-state index is 12.1. The molecule has 0 fully saturated rings. The molecular weight excluding hydrogens is 326 g/mol. The highest BCUT2D eigenvalue weighted by Crippen LogP contribution is 2.18. The fraction of sp³-hybridized carbons (Fsp3) is 0.350. The molecule has 0 spiro atoms. The quantitative estimate of drug-likeness (QED) is 0.335. The monoisotopic (exact) mass is 348 g/mol. The predicted molar refractivity (Wildman–Crippen MR) is 92.3 cm³/mol. The standard InChI is InChI=1S/C20H22F2O3/c1-2-3-4-5-6-15-7-11-17(12-8-15)24-19(23)16-9-13-18(14-10-16)25-20(21)22/h7-14,20H,2-6H2,1H3. The summed E-state index contributed by atoms with van der Waals surface area (Å²) in [6, 6.07) is 12.8. The van der Waals surface area contributed by atoms with Gasteiger partial charge in [0.1, 0.15) is 11.5 Å². The van der Waals surface area contributed by atoms with Crippen LogP contribution in [0, 0.1) is 0 Å². The van der Waals surface area contributed by atoms with E-state index in [4.69, 9.17) is 4.74 Å². The number of aryl methyl sites for hydroxylation is 1. The number of carbonyl (C=O) groups is 1. The minimum atomic E-state index is -2.89. The molecule has 3 nitrogen and oxygen atoms in total. The van der Waals surface area contributed by atoms with Gasteiger partial charge in [0.05, 0.1) is 5.56 Å². The van der Waals surface area contributed by atoms with Crippen LogP contribution in [0.5, 0.6) is 11.5 Å². The Kier molecular flexibility index (Phi) is 7.38. The van der Waals surface area contributed by atoms with E-state index in [1.165, 1.54) is 49.1 Å². The number of unbranched alkanes of at least 4 members (excludes halogenated alkanes) is 3. The zero-order chi connectivity index (χ0) is 18.1. The molecule has 0 aliphatic heterocycles. The van der Waals surface area contributed by atoms with Gasteiger partial charge >= 0.3 is 12.6 Å². The van der Waals surface area contributed by atoms with Crippen molar-refractivity contribution in [2.75, 3.05) is 0 Å². The Hall–Kier alpha value is -2.43. The Morgan fingerprint density at radius 3 is 2.16 bits per heavy atom. The summed E-state index contributed by atoms with van der Waals surface area (Å²) in [4.78, 5) is 12.1. The van der Waals surface area contributed by atoms with Crippen LogP contribution in [-0.2, 0) is 6.42 Å². The molecule has 0 aromatic heterocycles. The minimum Gasteiger partial charge on any atom is -0.435 e. The van der Waals surface area contributed by atoms with E-state index in [-0.39, 0.29) is 11.3 Å². The minimum absolute atomic E-state index is 0.000948. The second kappa shape index (κ2) is 9.77. The number of ether oxygens (including phenoxy) is 2. The maximum atomic E-state index is 12.1. The van der Waals surface area contributed by atoms with Crippen LogP contribution in [0.3, 0.4) is 0 Å². The van der Waals surface area contributed by atoms with Gasteiger partial charge in [-0.25, -0.2) is 4.79 Å². The Bertz CT molecular complexity index is 652. The topological polar surface area (TPSA) is 35.5 Å². The summed E-state index contributed by atoms with van der Waals surface area (Å²) in [6.07, 6.45) is 5.85. The molecule has 0 bridgehead atoms. The van der Waals surface area contributed by atoms with Crippen molar-refractivity contribution >= 4 is 5.97 Å². The SMILES string of the molecule is CCCCCCc1ccc(OC(=O)c2ccc(OC(F)F)cc2)cc1. The van der Waals surface area contributed by atoms with Gasteiger partial charge in [-0.2, -0.15) is 8.78 Å². The van der Waals surface area contributed by atoms with Crippen LogP contribution in [0.15, 0.2) is 48.5 Å². The number of halogens is 2. The van der Waals surface area contributed by atoms with Gasteiger partial charge in [-0.15, -0.1) is 0 Å². The van der Waals surface area contributed by atoms with Gasteiger partial charge in [0.15, 0.2) is 0 Å². The van der Waals surface area contributed by atoms with E-state index >= 15 is 0 Å². The van der Waals surface area contributed by atoms with Crippen molar-refractivity contribution in [1.29, 1.82) is 0 Å². The first-order valence-electron chi connectivity index (χ1n) is 8.44. The molecule has 25 heavy (non-hydrogen) atoms. The fourth-order valence-electron chi connectivity index (χ4n) is 2.42. The van der Waals surface area contributed by atoms with Crippen LogP contribution in [0.2, 0.25) is 0 Å². The summed E-state index contributed by atoms with van der Waals surface area (Å²) in [5.74, 6) is -0.0894. The lowest BCUT2D eigenvalue weighted by molar-refractivity contribution is -0.0498. The summed E-state index contributed by atoms with van der Waals surface area (Å²) in [7, 11) is 0. The van der Waals surface area contributed by atoms with Crippen molar-refractivity contribution in [3.8, 4) is 11.5 Å². The predicted octanol–water partition coefficient (Wildman–Crippen LogP) is 5.63. The first-order valence-corrected chi connectivity index (χ1v) is 8.44. The smallest absolute Gasteiger partial charge is 0.387 e. The van der Waals surface area contributed by atoms with Crippen molar-refractivity contribution in [2.24, 2.45) is 0 Å². The molecule has 134 valence electrons. The third-order valence-electron chi connectivity index (χ3n) is 3.77. The number of hydrogen-bond donors (Lipinski definition) is 0. The molecule has 0 aliphatic rings. The van der Waals surface area contributed by atoms with Crippen LogP contribution in [0.25, 0.3) is 0 Å². The second-order valence-electron chi connectivity index (χ2n) is 5.75. The molecule has 0 radical (unpaired) electrons. The highest BCUT2D eigenvalue weighted by atomic mass is 19.3. The number of esters is 1. The van der Waals surface area contributed by atoms with Crippen LogP contribution in [-0.4, -0.2) is 12.6 Å². The summed E-state index contributed by atoms with van der Waals surface area (Å²) < 4.78 is 33.7. The molecular formula is C20H22F2O3. The zero-order valence-corrected chi connectivity index (χ0v) is 14.2.